The van der Waals surface area contributed by atoms with Crippen LogP contribution in [0.3, 0.4) is 0 Å². The van der Waals surface area contributed by atoms with E-state index in [1.807, 2.05) is 18.2 Å². The van der Waals surface area contributed by atoms with Gasteiger partial charge in [-0.25, -0.2) is 4.39 Å². The number of benzene rings is 3. The van der Waals surface area contributed by atoms with Crippen molar-refractivity contribution >= 4 is 21.7 Å². The number of rotatable bonds is 1. The predicted molar refractivity (Wildman–Crippen MR) is 79.0 cm³/mol. The Morgan fingerprint density at radius 3 is 2.60 bits per heavy atom. The van der Waals surface area contributed by atoms with E-state index in [1.165, 1.54) is 22.9 Å². The molecule has 1 aromatic heterocycles. The van der Waals surface area contributed by atoms with Crippen LogP contribution in [-0.2, 0) is 0 Å². The molecule has 4 aromatic rings. The minimum atomic E-state index is -0.258. The van der Waals surface area contributed by atoms with Crippen LogP contribution < -0.4 is 0 Å². The summed E-state index contributed by atoms with van der Waals surface area (Å²) in [5.74, 6) is -0.258. The van der Waals surface area contributed by atoms with Crippen LogP contribution in [0.2, 0.25) is 0 Å². The van der Waals surface area contributed by atoms with Crippen molar-refractivity contribution in [1.82, 2.24) is 10.2 Å². The standard InChI is InChI=1S/C17H11FN2/c18-14-7-8-15-16(10-14)19-20-17(15)13-6-5-11-3-1-2-4-12(11)9-13/h1-10H,(H,19,20). The number of nitrogens with zero attached hydrogens (tertiary/aromatic N) is 1. The van der Waals surface area contributed by atoms with Crippen molar-refractivity contribution in [1.29, 1.82) is 0 Å². The lowest BCUT2D eigenvalue weighted by molar-refractivity contribution is 0.629. The highest BCUT2D eigenvalue weighted by Crippen LogP contribution is 2.29. The smallest absolute Gasteiger partial charge is 0.125 e. The first kappa shape index (κ1) is 11.2. The molecule has 1 heterocycles. The van der Waals surface area contributed by atoms with E-state index in [-0.39, 0.29) is 5.82 Å². The zero-order chi connectivity index (χ0) is 13.5. The molecule has 0 spiro atoms. The number of halogens is 1. The van der Waals surface area contributed by atoms with Gasteiger partial charge in [0.25, 0.3) is 0 Å². The first-order valence-electron chi connectivity index (χ1n) is 6.44. The Morgan fingerprint density at radius 2 is 1.70 bits per heavy atom. The normalized spacial score (nSPS) is 11.2. The summed E-state index contributed by atoms with van der Waals surface area (Å²) < 4.78 is 13.2. The van der Waals surface area contributed by atoms with E-state index < -0.39 is 0 Å². The topological polar surface area (TPSA) is 28.7 Å². The van der Waals surface area contributed by atoms with Gasteiger partial charge in [0, 0.05) is 10.9 Å². The average Bonchev–Trinajstić information content (AvgIpc) is 2.89. The van der Waals surface area contributed by atoms with Gasteiger partial charge >= 0.3 is 0 Å². The number of hydrogen-bond acceptors (Lipinski definition) is 1. The molecule has 0 aliphatic rings. The van der Waals surface area contributed by atoms with Crippen LogP contribution in [0.25, 0.3) is 32.9 Å². The van der Waals surface area contributed by atoms with Crippen LogP contribution in [0.5, 0.6) is 0 Å². The van der Waals surface area contributed by atoms with Crippen molar-refractivity contribution in [2.24, 2.45) is 0 Å². The molecule has 0 fully saturated rings. The van der Waals surface area contributed by atoms with Crippen molar-refractivity contribution in [3.05, 3.63) is 66.5 Å². The summed E-state index contributed by atoms with van der Waals surface area (Å²) in [6.07, 6.45) is 0. The Kier molecular flexibility index (Phi) is 2.33. The first-order chi connectivity index (χ1) is 9.81. The average molecular weight is 262 g/mol. The minimum absolute atomic E-state index is 0.258. The molecule has 0 saturated carbocycles. The summed E-state index contributed by atoms with van der Waals surface area (Å²) in [6.45, 7) is 0. The van der Waals surface area contributed by atoms with Gasteiger partial charge in [0.2, 0.25) is 0 Å². The maximum atomic E-state index is 13.2. The second kappa shape index (κ2) is 4.17. The fourth-order valence-electron chi connectivity index (χ4n) is 2.55. The Balaban J connectivity index is 1.96. The molecule has 1 N–H and O–H groups in total. The van der Waals surface area contributed by atoms with Gasteiger partial charge < -0.3 is 0 Å². The largest absolute Gasteiger partial charge is 0.277 e. The van der Waals surface area contributed by atoms with Crippen LogP contribution in [0, 0.1) is 5.82 Å². The van der Waals surface area contributed by atoms with Gasteiger partial charge in [-0.1, -0.05) is 36.4 Å². The summed E-state index contributed by atoms with van der Waals surface area (Å²) >= 11 is 0. The number of fused-ring (bicyclic) bond motifs is 2. The van der Waals surface area contributed by atoms with Crippen molar-refractivity contribution in [3.63, 3.8) is 0 Å². The Hall–Kier alpha value is -2.68. The zero-order valence-corrected chi connectivity index (χ0v) is 10.6. The van der Waals surface area contributed by atoms with Crippen molar-refractivity contribution in [3.8, 4) is 11.3 Å². The third-order valence-electron chi connectivity index (χ3n) is 3.55. The van der Waals surface area contributed by atoms with Gasteiger partial charge in [0.15, 0.2) is 0 Å². The molecule has 0 atom stereocenters. The van der Waals surface area contributed by atoms with Gasteiger partial charge in [0.1, 0.15) is 5.82 Å². The number of nitrogens with one attached hydrogen (secondary N) is 1. The summed E-state index contributed by atoms with van der Waals surface area (Å²) in [5, 5.41) is 10.5. The molecule has 3 heteroatoms. The molecule has 0 unspecified atom stereocenters. The van der Waals surface area contributed by atoms with Gasteiger partial charge in [-0.05, 0) is 35.0 Å². The summed E-state index contributed by atoms with van der Waals surface area (Å²) in [5.41, 5.74) is 2.60. The third kappa shape index (κ3) is 1.67. The Bertz CT molecular complexity index is 924. The fourth-order valence-corrected chi connectivity index (χ4v) is 2.55. The van der Waals surface area contributed by atoms with E-state index in [0.29, 0.717) is 5.52 Å². The van der Waals surface area contributed by atoms with Gasteiger partial charge in [0.05, 0.1) is 11.2 Å². The third-order valence-corrected chi connectivity index (χ3v) is 3.55. The van der Waals surface area contributed by atoms with Crippen LogP contribution in [0.1, 0.15) is 0 Å². The second-order valence-corrected chi connectivity index (χ2v) is 4.82. The number of aromatic amines is 1. The molecule has 0 radical (unpaired) electrons. The highest BCUT2D eigenvalue weighted by Gasteiger charge is 2.09. The molecular weight excluding hydrogens is 251 g/mol. The second-order valence-electron chi connectivity index (χ2n) is 4.82. The summed E-state index contributed by atoms with van der Waals surface area (Å²) in [6, 6.07) is 19.1. The molecule has 96 valence electrons. The van der Waals surface area contributed by atoms with Gasteiger partial charge in [-0.2, -0.15) is 5.10 Å². The maximum absolute atomic E-state index is 13.2. The lowest BCUT2D eigenvalue weighted by Crippen LogP contribution is -1.80. The van der Waals surface area contributed by atoms with Gasteiger partial charge in [-0.3, -0.25) is 5.10 Å². The van der Waals surface area contributed by atoms with E-state index >= 15 is 0 Å². The lowest BCUT2D eigenvalue weighted by Gasteiger charge is -2.01. The molecular formula is C17H11FN2. The molecule has 2 nitrogen and oxygen atoms in total. The van der Waals surface area contributed by atoms with Crippen LogP contribution >= 0.6 is 0 Å². The highest BCUT2D eigenvalue weighted by molar-refractivity contribution is 5.96. The molecule has 0 bridgehead atoms. The molecule has 3 aromatic carbocycles. The highest BCUT2D eigenvalue weighted by atomic mass is 19.1. The maximum Gasteiger partial charge on any atom is 0.125 e. The Labute approximate surface area is 114 Å². The van der Waals surface area contributed by atoms with E-state index in [2.05, 4.69) is 34.5 Å². The summed E-state index contributed by atoms with van der Waals surface area (Å²) in [4.78, 5) is 0. The predicted octanol–water partition coefficient (Wildman–Crippen LogP) is 4.52. The molecule has 0 saturated heterocycles. The number of aromatic nitrogens is 2. The molecule has 0 aliphatic carbocycles. The quantitative estimate of drug-likeness (QED) is 0.536. The molecule has 0 aliphatic heterocycles. The number of hydrogen-bond donors (Lipinski definition) is 1. The fraction of sp³-hybridized carbons (Fsp3) is 0. The van der Waals surface area contributed by atoms with Crippen molar-refractivity contribution in [2.45, 2.75) is 0 Å². The Morgan fingerprint density at radius 1 is 0.850 bits per heavy atom. The van der Waals surface area contributed by atoms with E-state index in [9.17, 15) is 4.39 Å². The van der Waals surface area contributed by atoms with E-state index in [0.717, 1.165) is 16.6 Å². The molecule has 4 rings (SSSR count). The lowest BCUT2D eigenvalue weighted by atomic mass is 10.0. The van der Waals surface area contributed by atoms with Gasteiger partial charge in [-0.15, -0.1) is 0 Å². The SMILES string of the molecule is Fc1ccc2c(-c3ccc4ccccc4c3)n[nH]c2c1. The zero-order valence-electron chi connectivity index (χ0n) is 10.6. The van der Waals surface area contributed by atoms with E-state index in [4.69, 9.17) is 0 Å². The minimum Gasteiger partial charge on any atom is -0.277 e. The monoisotopic (exact) mass is 262 g/mol. The van der Waals surface area contributed by atoms with Crippen molar-refractivity contribution < 1.29 is 4.39 Å². The number of H-pyrrole nitrogens is 1. The van der Waals surface area contributed by atoms with Crippen LogP contribution in [-0.4, -0.2) is 10.2 Å². The van der Waals surface area contributed by atoms with Crippen LogP contribution in [0.4, 0.5) is 4.39 Å². The molecule has 20 heavy (non-hydrogen) atoms. The van der Waals surface area contributed by atoms with Crippen molar-refractivity contribution in [2.75, 3.05) is 0 Å². The van der Waals surface area contributed by atoms with Crippen LogP contribution in [0.15, 0.2) is 60.7 Å². The summed E-state index contributed by atoms with van der Waals surface area (Å²) in [7, 11) is 0. The molecule has 0 amide bonds. The first-order valence-corrected chi connectivity index (χ1v) is 6.44. The van der Waals surface area contributed by atoms with E-state index in [1.54, 1.807) is 6.07 Å².